The first kappa shape index (κ1) is 3.58. The van der Waals surface area contributed by atoms with Crippen molar-refractivity contribution in [3.05, 3.63) is 0 Å². The zero-order chi connectivity index (χ0) is 3.28. The Balaban J connectivity index is 2.19. The average Bonchev–Trinajstić information content (AvgIpc) is 0.592. The van der Waals surface area contributed by atoms with Crippen LogP contribution in [0.15, 0.2) is 0 Å². The van der Waals surface area contributed by atoms with Gasteiger partial charge in [0, 0.05) is 0 Å². The van der Waals surface area contributed by atoms with Crippen molar-refractivity contribution in [2.45, 2.75) is 7.36 Å². The summed E-state index contributed by atoms with van der Waals surface area (Å²) in [5.41, 5.74) is 0. The van der Waals surface area contributed by atoms with E-state index in [0.29, 0.717) is 0 Å². The van der Waals surface area contributed by atoms with E-state index in [0.717, 1.165) is 0 Å². The summed E-state index contributed by atoms with van der Waals surface area (Å²) in [5, 5.41) is 0. The van der Waals surface area contributed by atoms with Crippen molar-refractivity contribution in [2.75, 3.05) is 0 Å². The Hall–Kier alpha value is 1.60. The van der Waals surface area contributed by atoms with Crippen molar-refractivity contribution in [1.82, 2.24) is 0 Å². The van der Waals surface area contributed by atoms with E-state index in [9.17, 15) is 0 Å². The average molecular weight is 280 g/mol. The minimum absolute atomic E-state index is 0.168. The maximum atomic E-state index is 1.98. The predicted molar refractivity (Wildman–Crippen MR) is 25.9 cm³/mol. The van der Waals surface area contributed by atoms with E-state index >= 15 is 0 Å². The number of rotatable bonds is 0. The van der Waals surface area contributed by atoms with Gasteiger partial charge < -0.3 is 0 Å². The van der Waals surface area contributed by atoms with Gasteiger partial charge in [0.15, 0.2) is 0 Å². The molecule has 2 radical (unpaired) electrons. The standard InChI is InChI=1S/3CH2.2Sn/h3*1H2;;. The summed E-state index contributed by atoms with van der Waals surface area (Å²) in [5.74, 6) is 0. The molecule has 0 aromatic carbocycles. The minimum atomic E-state index is -0.168. The van der Waals surface area contributed by atoms with E-state index < -0.39 is 0 Å². The van der Waals surface area contributed by atoms with Crippen LogP contribution >= 0.6 is 0 Å². The van der Waals surface area contributed by atoms with Gasteiger partial charge in [0.05, 0.1) is 0 Å². The van der Waals surface area contributed by atoms with Crippen LogP contribution in [0.2, 0.25) is 7.36 Å². The zero-order valence-electron chi connectivity index (χ0n) is 3.12. The molecule has 0 nitrogen and oxygen atoms in total. The molecule has 3 aliphatic heterocycles. The molecule has 3 fully saturated rings. The van der Waals surface area contributed by atoms with Crippen molar-refractivity contribution in [2.24, 2.45) is 0 Å². The summed E-state index contributed by atoms with van der Waals surface area (Å²) >= 11 is -0.337. The SMILES string of the molecule is [CH2]1[Sn]2[CH2][Sn]1[CH2]2. The fourth-order valence-electron chi connectivity index (χ4n) is 0.905. The molecule has 0 amide bonds. The van der Waals surface area contributed by atoms with E-state index in [1.165, 1.54) is 0 Å². The molecule has 3 aliphatic rings. The molecule has 0 aromatic heterocycles. The normalized spacial score (nSPS) is 36.0. The van der Waals surface area contributed by atoms with Crippen LogP contribution in [-0.4, -0.2) is 39.5 Å². The van der Waals surface area contributed by atoms with E-state index in [1.54, 1.807) is 0 Å². The van der Waals surface area contributed by atoms with Gasteiger partial charge in [-0.3, -0.25) is 0 Å². The quantitative estimate of drug-likeness (QED) is 0.570. The molecule has 0 spiro atoms. The Bertz CT molecular complexity index is 41.6. The Kier molecular flexibility index (Phi) is 0.754. The Labute approximate surface area is 46.4 Å². The molecular weight excluding hydrogens is 273 g/mol. The van der Waals surface area contributed by atoms with Gasteiger partial charge in [-0.15, -0.1) is 0 Å². The molecule has 3 heterocycles. The van der Waals surface area contributed by atoms with Crippen LogP contribution in [-0.2, 0) is 0 Å². The summed E-state index contributed by atoms with van der Waals surface area (Å²) < 4.78 is 5.93. The van der Waals surface area contributed by atoms with Crippen LogP contribution in [0, 0.1) is 0 Å². The Morgan fingerprint density at radius 2 is 1.00 bits per heavy atom. The van der Waals surface area contributed by atoms with Crippen LogP contribution in [0.25, 0.3) is 0 Å². The van der Waals surface area contributed by atoms with E-state index in [4.69, 9.17) is 0 Å². The van der Waals surface area contributed by atoms with Gasteiger partial charge in [0.1, 0.15) is 0 Å². The molecule has 2 heteroatoms. The van der Waals surface area contributed by atoms with E-state index in [-0.39, 0.29) is 39.5 Å². The van der Waals surface area contributed by atoms with Crippen molar-refractivity contribution in [3.63, 3.8) is 0 Å². The molecule has 26 valence electrons. The van der Waals surface area contributed by atoms with Gasteiger partial charge in [-0.25, -0.2) is 0 Å². The summed E-state index contributed by atoms with van der Waals surface area (Å²) in [6, 6.07) is 0. The molecule has 0 N–H and O–H groups in total. The molecule has 3 rings (SSSR count). The second kappa shape index (κ2) is 1.05. The molecule has 0 atom stereocenters. The fourth-order valence-corrected chi connectivity index (χ4v) is 40.7. The first-order valence-corrected chi connectivity index (χ1v) is 14.2. The third-order valence-corrected chi connectivity index (χ3v) is 67.5. The van der Waals surface area contributed by atoms with Gasteiger partial charge in [0.2, 0.25) is 0 Å². The number of hydrogen-bond acceptors (Lipinski definition) is 0. The van der Waals surface area contributed by atoms with Crippen molar-refractivity contribution in [3.8, 4) is 0 Å². The molecule has 2 bridgehead atoms. The molecule has 3 saturated heterocycles. The third kappa shape index (κ3) is 0.392. The van der Waals surface area contributed by atoms with E-state index in [1.807, 2.05) is 7.36 Å². The molecule has 0 aromatic rings. The number of hydrogen-bond donors (Lipinski definition) is 0. The molecule has 0 aliphatic carbocycles. The molecular formula is C3H6Sn2. The van der Waals surface area contributed by atoms with Gasteiger partial charge in [-0.2, -0.15) is 0 Å². The Morgan fingerprint density at radius 1 is 0.800 bits per heavy atom. The third-order valence-electron chi connectivity index (χ3n) is 1.50. The molecule has 0 unspecified atom stereocenters. The predicted octanol–water partition coefficient (Wildman–Crippen LogP) is 0.621. The maximum absolute atomic E-state index is 1.98. The van der Waals surface area contributed by atoms with Gasteiger partial charge >= 0.3 is 46.9 Å². The van der Waals surface area contributed by atoms with Crippen molar-refractivity contribution in [1.29, 1.82) is 0 Å². The van der Waals surface area contributed by atoms with Crippen LogP contribution < -0.4 is 0 Å². The van der Waals surface area contributed by atoms with E-state index in [2.05, 4.69) is 0 Å². The first-order chi connectivity index (χ1) is 2.45. The monoisotopic (exact) mass is 282 g/mol. The summed E-state index contributed by atoms with van der Waals surface area (Å²) in [4.78, 5) is 0. The van der Waals surface area contributed by atoms with Crippen molar-refractivity contribution >= 4 is 39.5 Å². The summed E-state index contributed by atoms with van der Waals surface area (Å²) in [7, 11) is 0. The van der Waals surface area contributed by atoms with Gasteiger partial charge in [0.25, 0.3) is 0 Å². The second-order valence-corrected chi connectivity index (χ2v) is 33.9. The van der Waals surface area contributed by atoms with Crippen LogP contribution in [0.1, 0.15) is 0 Å². The van der Waals surface area contributed by atoms with Crippen LogP contribution in [0.4, 0.5) is 0 Å². The summed E-state index contributed by atoms with van der Waals surface area (Å²) in [6.45, 7) is 0. The zero-order valence-corrected chi connectivity index (χ0v) is 8.83. The topological polar surface area (TPSA) is 0 Å². The molecule has 5 heavy (non-hydrogen) atoms. The van der Waals surface area contributed by atoms with Crippen LogP contribution in [0.5, 0.6) is 0 Å². The summed E-state index contributed by atoms with van der Waals surface area (Å²) in [6.07, 6.45) is 0. The van der Waals surface area contributed by atoms with Crippen LogP contribution in [0.3, 0.4) is 0 Å². The van der Waals surface area contributed by atoms with Gasteiger partial charge in [-0.1, -0.05) is 0 Å². The Morgan fingerprint density at radius 3 is 1.00 bits per heavy atom. The van der Waals surface area contributed by atoms with Crippen molar-refractivity contribution < 1.29 is 0 Å². The second-order valence-electron chi connectivity index (χ2n) is 2.03. The molecule has 0 saturated carbocycles. The van der Waals surface area contributed by atoms with Gasteiger partial charge in [-0.05, 0) is 0 Å². The first-order valence-electron chi connectivity index (χ1n) is 2.12. The fraction of sp³-hybridized carbons (Fsp3) is 1.00.